The van der Waals surface area contributed by atoms with Crippen LogP contribution in [0.2, 0.25) is 0 Å². The van der Waals surface area contributed by atoms with E-state index in [0.29, 0.717) is 18.2 Å². The predicted molar refractivity (Wildman–Crippen MR) is 78.0 cm³/mol. The first-order valence-electron chi connectivity index (χ1n) is 6.97. The lowest BCUT2D eigenvalue weighted by Gasteiger charge is -2.12. The van der Waals surface area contributed by atoms with Crippen molar-refractivity contribution in [3.8, 4) is 6.07 Å². The Morgan fingerprint density at radius 1 is 1.40 bits per heavy atom. The second-order valence-corrected chi connectivity index (χ2v) is 7.64. The summed E-state index contributed by atoms with van der Waals surface area (Å²) in [5, 5.41) is 12.1. The molecule has 0 aromatic heterocycles. The van der Waals surface area contributed by atoms with Gasteiger partial charge in [-0.1, -0.05) is 13.0 Å². The molecule has 108 valence electrons. The van der Waals surface area contributed by atoms with Crippen molar-refractivity contribution >= 4 is 9.84 Å². The minimum Gasteiger partial charge on any atom is -0.313 e. The Morgan fingerprint density at radius 3 is 2.85 bits per heavy atom. The summed E-state index contributed by atoms with van der Waals surface area (Å²) in [6.07, 6.45) is 3.48. The number of hydrogen-bond acceptors (Lipinski definition) is 4. The molecule has 0 aliphatic heterocycles. The van der Waals surface area contributed by atoms with Gasteiger partial charge in [-0.05, 0) is 43.4 Å². The van der Waals surface area contributed by atoms with E-state index >= 15 is 0 Å². The maximum atomic E-state index is 12.2. The molecule has 2 rings (SSSR count). The second-order valence-electron chi connectivity index (χ2n) is 5.53. The van der Waals surface area contributed by atoms with Crippen molar-refractivity contribution < 1.29 is 8.42 Å². The van der Waals surface area contributed by atoms with Crippen molar-refractivity contribution in [1.29, 1.82) is 5.26 Å². The van der Waals surface area contributed by atoms with Gasteiger partial charge in [-0.3, -0.25) is 0 Å². The van der Waals surface area contributed by atoms with E-state index in [0.717, 1.165) is 18.8 Å². The monoisotopic (exact) mass is 292 g/mol. The van der Waals surface area contributed by atoms with E-state index in [2.05, 4.69) is 12.2 Å². The number of benzene rings is 1. The Labute approximate surface area is 120 Å². The molecule has 0 heterocycles. The fraction of sp³-hybridized carbons (Fsp3) is 0.533. The molecule has 1 saturated carbocycles. The van der Waals surface area contributed by atoms with Crippen LogP contribution in [0.25, 0.3) is 0 Å². The van der Waals surface area contributed by atoms with Gasteiger partial charge in [0.25, 0.3) is 0 Å². The fourth-order valence-electron chi connectivity index (χ4n) is 2.67. The van der Waals surface area contributed by atoms with Crippen molar-refractivity contribution in [2.45, 2.75) is 37.1 Å². The van der Waals surface area contributed by atoms with Crippen LogP contribution in [0.5, 0.6) is 0 Å². The van der Waals surface area contributed by atoms with Crippen LogP contribution in [0.4, 0.5) is 0 Å². The molecule has 0 amide bonds. The number of nitrogens with one attached hydrogen (secondary N) is 1. The van der Waals surface area contributed by atoms with Crippen molar-refractivity contribution in [2.75, 3.05) is 12.3 Å². The maximum Gasteiger partial charge on any atom is 0.179 e. The highest BCUT2D eigenvalue weighted by molar-refractivity contribution is 7.91. The van der Waals surface area contributed by atoms with Crippen LogP contribution in [0.15, 0.2) is 29.2 Å². The van der Waals surface area contributed by atoms with Crippen LogP contribution >= 0.6 is 0 Å². The lowest BCUT2D eigenvalue weighted by molar-refractivity contribution is 0.514. The lowest BCUT2D eigenvalue weighted by atomic mass is 10.1. The minimum absolute atomic E-state index is 0.0762. The third-order valence-electron chi connectivity index (χ3n) is 3.82. The summed E-state index contributed by atoms with van der Waals surface area (Å²) in [5.74, 6) is 0.809. The molecular formula is C15H20N2O2S. The van der Waals surface area contributed by atoms with Crippen LogP contribution in [0.1, 0.15) is 31.7 Å². The minimum atomic E-state index is -3.31. The van der Waals surface area contributed by atoms with Gasteiger partial charge < -0.3 is 5.32 Å². The van der Waals surface area contributed by atoms with Gasteiger partial charge in [0.2, 0.25) is 0 Å². The molecule has 1 aromatic carbocycles. The molecule has 5 heteroatoms. The predicted octanol–water partition coefficient (Wildman–Crippen LogP) is 2.11. The zero-order chi connectivity index (χ0) is 14.6. The highest BCUT2D eigenvalue weighted by Crippen LogP contribution is 2.24. The average molecular weight is 292 g/mol. The zero-order valence-corrected chi connectivity index (χ0v) is 12.5. The Bertz CT molecular complexity index is 605. The van der Waals surface area contributed by atoms with E-state index in [-0.39, 0.29) is 10.6 Å². The van der Waals surface area contributed by atoms with Crippen LogP contribution in [0, 0.1) is 17.2 Å². The molecule has 1 fully saturated rings. The zero-order valence-electron chi connectivity index (χ0n) is 11.7. The van der Waals surface area contributed by atoms with Crippen LogP contribution in [-0.2, 0) is 9.84 Å². The molecule has 2 unspecified atom stereocenters. The van der Waals surface area contributed by atoms with E-state index in [4.69, 9.17) is 5.26 Å². The smallest absolute Gasteiger partial charge is 0.179 e. The summed E-state index contributed by atoms with van der Waals surface area (Å²) in [6, 6.07) is 8.62. The highest BCUT2D eigenvalue weighted by atomic mass is 32.2. The summed E-state index contributed by atoms with van der Waals surface area (Å²) < 4.78 is 24.4. The number of rotatable bonds is 5. The maximum absolute atomic E-state index is 12.2. The van der Waals surface area contributed by atoms with Crippen molar-refractivity contribution in [2.24, 2.45) is 5.92 Å². The number of nitrogens with zero attached hydrogens (tertiary/aromatic N) is 1. The molecule has 0 radical (unpaired) electrons. The van der Waals surface area contributed by atoms with E-state index < -0.39 is 9.84 Å². The van der Waals surface area contributed by atoms with Gasteiger partial charge in [0.05, 0.1) is 22.3 Å². The van der Waals surface area contributed by atoms with Gasteiger partial charge in [0, 0.05) is 12.6 Å². The molecular weight excluding hydrogens is 272 g/mol. The van der Waals surface area contributed by atoms with Gasteiger partial charge >= 0.3 is 0 Å². The Morgan fingerprint density at radius 2 is 2.20 bits per heavy atom. The summed E-state index contributed by atoms with van der Waals surface area (Å²) in [6.45, 7) is 2.70. The number of hydrogen-bond donors (Lipinski definition) is 1. The quantitative estimate of drug-likeness (QED) is 0.902. The molecule has 2 atom stereocenters. The molecule has 1 aromatic rings. The standard InChI is InChI=1S/C15H20N2O2S/c1-12-5-6-14(9-12)17-7-8-20(18,19)15-4-2-3-13(10-15)11-16/h2-4,10,12,14,17H,5-9H2,1H3. The molecule has 4 nitrogen and oxygen atoms in total. The summed E-state index contributed by atoms with van der Waals surface area (Å²) in [5.41, 5.74) is 0.378. The van der Waals surface area contributed by atoms with Crippen LogP contribution in [-0.4, -0.2) is 26.8 Å². The molecule has 1 aliphatic carbocycles. The highest BCUT2D eigenvalue weighted by Gasteiger charge is 2.21. The summed E-state index contributed by atoms with van der Waals surface area (Å²) >= 11 is 0. The molecule has 0 saturated heterocycles. The first-order chi connectivity index (χ1) is 9.51. The van der Waals surface area contributed by atoms with E-state index in [1.807, 2.05) is 6.07 Å². The molecule has 0 spiro atoms. The van der Waals surface area contributed by atoms with Crippen molar-refractivity contribution in [1.82, 2.24) is 5.32 Å². The summed E-state index contributed by atoms with van der Waals surface area (Å²) in [7, 11) is -3.31. The SMILES string of the molecule is CC1CCC(NCCS(=O)(=O)c2cccc(C#N)c2)C1. The van der Waals surface area contributed by atoms with Crippen molar-refractivity contribution in [3.63, 3.8) is 0 Å². The number of sulfone groups is 1. The summed E-state index contributed by atoms with van der Waals surface area (Å²) in [4.78, 5) is 0.234. The van der Waals surface area contributed by atoms with E-state index in [1.54, 1.807) is 18.2 Å². The first-order valence-corrected chi connectivity index (χ1v) is 8.63. The molecule has 1 N–H and O–H groups in total. The Hall–Kier alpha value is -1.38. The fourth-order valence-corrected chi connectivity index (χ4v) is 3.88. The lowest BCUT2D eigenvalue weighted by Crippen LogP contribution is -2.31. The third-order valence-corrected chi connectivity index (χ3v) is 5.53. The third kappa shape index (κ3) is 3.81. The molecule has 0 bridgehead atoms. The van der Waals surface area contributed by atoms with Crippen LogP contribution in [0.3, 0.4) is 0 Å². The number of nitriles is 1. The molecule has 20 heavy (non-hydrogen) atoms. The Kier molecular flexibility index (Phi) is 4.79. The van der Waals surface area contributed by atoms with E-state index in [9.17, 15) is 8.42 Å². The second kappa shape index (κ2) is 6.38. The normalized spacial score (nSPS) is 22.6. The largest absolute Gasteiger partial charge is 0.313 e. The average Bonchev–Trinajstić information content (AvgIpc) is 2.84. The first kappa shape index (κ1) is 15.0. The van der Waals surface area contributed by atoms with Gasteiger partial charge in [-0.25, -0.2) is 8.42 Å². The van der Waals surface area contributed by atoms with Gasteiger partial charge in [0.1, 0.15) is 0 Å². The Balaban J connectivity index is 1.92. The van der Waals surface area contributed by atoms with Crippen molar-refractivity contribution in [3.05, 3.63) is 29.8 Å². The van der Waals surface area contributed by atoms with E-state index in [1.165, 1.54) is 12.5 Å². The van der Waals surface area contributed by atoms with Crippen LogP contribution < -0.4 is 5.32 Å². The van der Waals surface area contributed by atoms with Gasteiger partial charge in [0.15, 0.2) is 9.84 Å². The topological polar surface area (TPSA) is 70.0 Å². The molecule has 1 aliphatic rings. The van der Waals surface area contributed by atoms with Gasteiger partial charge in [-0.15, -0.1) is 0 Å². The van der Waals surface area contributed by atoms with Gasteiger partial charge in [-0.2, -0.15) is 5.26 Å².